The standard InChI is InChI=1S/C36H46N8O5/c1-2-37-34(47)30-28(45)29(46)36(49-30)44-23-40-27-31(39-22-26(24-14-6-3-7-15-24)25-16-8-4-9-17-25)41-32(42-33(27)44)35(48)38-18-10-13-21-43-19-11-5-12-20-43/h3-4,6-9,14-17,23,26,28-30,36,45-46H,2,5,10-13,18-22H2,1H3,(H,37,47)(H,38,48)(H,39,41,42)/t28-,29+,30-,36?/m0/s1. The first kappa shape index (κ1) is 34.4. The summed E-state index contributed by atoms with van der Waals surface area (Å²) in [6.07, 6.45) is 1.62. The van der Waals surface area contributed by atoms with Crippen molar-refractivity contribution in [3.63, 3.8) is 0 Å². The van der Waals surface area contributed by atoms with Gasteiger partial charge in [0.2, 0.25) is 5.82 Å². The summed E-state index contributed by atoms with van der Waals surface area (Å²) in [5.41, 5.74) is 2.78. The number of fused-ring (bicyclic) bond motifs is 1. The molecule has 2 aromatic carbocycles. The van der Waals surface area contributed by atoms with Crippen LogP contribution in [0, 0.1) is 0 Å². The highest BCUT2D eigenvalue weighted by Crippen LogP contribution is 2.33. The third-order valence-corrected chi connectivity index (χ3v) is 9.26. The number of imidazole rings is 1. The van der Waals surface area contributed by atoms with E-state index in [2.05, 4.69) is 60.1 Å². The van der Waals surface area contributed by atoms with E-state index in [0.717, 1.165) is 43.6 Å². The van der Waals surface area contributed by atoms with Crippen molar-refractivity contribution in [2.24, 2.45) is 0 Å². The molecule has 13 heteroatoms. The number of aliphatic hydroxyl groups is 2. The van der Waals surface area contributed by atoms with Crippen LogP contribution in [0.15, 0.2) is 67.0 Å². The summed E-state index contributed by atoms with van der Waals surface area (Å²) in [5, 5.41) is 30.7. The Morgan fingerprint density at radius 2 is 1.61 bits per heavy atom. The first-order chi connectivity index (χ1) is 23.9. The lowest BCUT2D eigenvalue weighted by Crippen LogP contribution is -2.42. The second-order valence-corrected chi connectivity index (χ2v) is 12.7. The van der Waals surface area contributed by atoms with Crippen molar-refractivity contribution in [2.45, 2.75) is 69.5 Å². The Morgan fingerprint density at radius 1 is 0.918 bits per heavy atom. The third-order valence-electron chi connectivity index (χ3n) is 9.26. The first-order valence-corrected chi connectivity index (χ1v) is 17.3. The number of likely N-dealkylation sites (N-methyl/N-ethyl adjacent to an activating group) is 1. The van der Waals surface area contributed by atoms with Crippen LogP contribution in [-0.4, -0.2) is 104 Å². The second-order valence-electron chi connectivity index (χ2n) is 12.7. The van der Waals surface area contributed by atoms with Crippen LogP contribution in [0.25, 0.3) is 11.2 Å². The normalized spacial score (nSPS) is 21.2. The zero-order valence-electron chi connectivity index (χ0n) is 27.9. The minimum absolute atomic E-state index is 0.0420. The molecule has 49 heavy (non-hydrogen) atoms. The number of hydrogen-bond acceptors (Lipinski definition) is 10. The number of rotatable bonds is 14. The molecule has 4 atom stereocenters. The molecule has 2 aromatic heterocycles. The number of nitrogens with zero attached hydrogens (tertiary/aromatic N) is 5. The van der Waals surface area contributed by atoms with Gasteiger partial charge in [0, 0.05) is 25.6 Å². The fourth-order valence-corrected chi connectivity index (χ4v) is 6.63. The Morgan fingerprint density at radius 3 is 2.29 bits per heavy atom. The molecule has 0 radical (unpaired) electrons. The van der Waals surface area contributed by atoms with Crippen molar-refractivity contribution in [3.8, 4) is 0 Å². The molecule has 0 spiro atoms. The average molecular weight is 671 g/mol. The number of nitrogens with one attached hydrogen (secondary N) is 3. The summed E-state index contributed by atoms with van der Waals surface area (Å²) < 4.78 is 7.32. The molecule has 2 fully saturated rings. The molecule has 4 aromatic rings. The molecule has 1 unspecified atom stereocenters. The molecule has 0 aliphatic carbocycles. The lowest BCUT2D eigenvalue weighted by molar-refractivity contribution is -0.137. The van der Waals surface area contributed by atoms with E-state index in [9.17, 15) is 19.8 Å². The molecule has 4 heterocycles. The van der Waals surface area contributed by atoms with E-state index in [4.69, 9.17) is 4.74 Å². The smallest absolute Gasteiger partial charge is 0.289 e. The summed E-state index contributed by atoms with van der Waals surface area (Å²) in [6, 6.07) is 20.2. The zero-order valence-corrected chi connectivity index (χ0v) is 27.9. The fraction of sp³-hybridized carbons (Fsp3) is 0.472. The number of aromatic nitrogens is 4. The number of piperidine rings is 1. The minimum Gasteiger partial charge on any atom is -0.387 e. The minimum atomic E-state index is -1.47. The van der Waals surface area contributed by atoms with Crippen LogP contribution in [0.5, 0.6) is 0 Å². The van der Waals surface area contributed by atoms with Crippen molar-refractivity contribution in [2.75, 3.05) is 44.6 Å². The molecule has 2 aliphatic rings. The van der Waals surface area contributed by atoms with Gasteiger partial charge in [0.1, 0.15) is 12.2 Å². The van der Waals surface area contributed by atoms with Gasteiger partial charge in [-0.2, -0.15) is 0 Å². The Bertz CT molecular complexity index is 1640. The van der Waals surface area contributed by atoms with Crippen molar-refractivity contribution in [3.05, 3.63) is 83.9 Å². The third kappa shape index (κ3) is 8.07. The van der Waals surface area contributed by atoms with Gasteiger partial charge in [0.25, 0.3) is 11.8 Å². The predicted molar refractivity (Wildman–Crippen MR) is 185 cm³/mol. The second kappa shape index (κ2) is 16.3. The summed E-state index contributed by atoms with van der Waals surface area (Å²) in [6.45, 7) is 6.30. The van der Waals surface area contributed by atoms with Crippen LogP contribution in [0.3, 0.4) is 0 Å². The van der Waals surface area contributed by atoms with E-state index in [1.807, 2.05) is 36.4 Å². The number of ether oxygens (including phenoxy) is 1. The van der Waals surface area contributed by atoms with Crippen molar-refractivity contribution in [1.29, 1.82) is 0 Å². The average Bonchev–Trinajstić information content (AvgIpc) is 3.69. The molecule has 6 rings (SSSR count). The van der Waals surface area contributed by atoms with Gasteiger partial charge in [-0.1, -0.05) is 67.1 Å². The highest BCUT2D eigenvalue weighted by molar-refractivity contribution is 5.94. The SMILES string of the molecule is CCNC(=O)[C@H]1OC(n2cnc3c(NCC(c4ccccc4)c4ccccc4)nc(C(=O)NCCCCN4CCCCC4)nc32)[C@H](O)[C@@H]1O. The number of carbonyl (C=O) groups excluding carboxylic acids is 2. The van der Waals surface area contributed by atoms with Gasteiger partial charge in [0.15, 0.2) is 29.3 Å². The van der Waals surface area contributed by atoms with Crippen molar-refractivity contribution in [1.82, 2.24) is 35.1 Å². The number of hydrogen-bond donors (Lipinski definition) is 5. The van der Waals surface area contributed by atoms with Crippen LogP contribution in [-0.2, 0) is 9.53 Å². The summed E-state index contributed by atoms with van der Waals surface area (Å²) in [5.74, 6) is -0.751. The van der Waals surface area contributed by atoms with E-state index >= 15 is 0 Å². The monoisotopic (exact) mass is 670 g/mol. The first-order valence-electron chi connectivity index (χ1n) is 17.3. The maximum absolute atomic E-state index is 13.5. The van der Waals surface area contributed by atoms with Crippen LogP contribution in [0.4, 0.5) is 5.82 Å². The largest absolute Gasteiger partial charge is 0.387 e. The molecule has 5 N–H and O–H groups in total. The van der Waals surface area contributed by atoms with Crippen molar-refractivity contribution >= 4 is 28.8 Å². The molecular formula is C36H46N8O5. The summed E-state index contributed by atoms with van der Waals surface area (Å²) in [4.78, 5) is 42.3. The fourth-order valence-electron chi connectivity index (χ4n) is 6.63. The highest BCUT2D eigenvalue weighted by Gasteiger charge is 2.47. The number of amides is 2. The van der Waals surface area contributed by atoms with Crippen LogP contribution in [0.2, 0.25) is 0 Å². The molecule has 260 valence electrons. The number of benzene rings is 2. The highest BCUT2D eigenvalue weighted by atomic mass is 16.6. The number of anilines is 1. The Kier molecular flexibility index (Phi) is 11.5. The van der Waals surface area contributed by atoms with Crippen LogP contribution in [0.1, 0.15) is 72.9 Å². The number of unbranched alkanes of at least 4 members (excludes halogenated alkanes) is 1. The number of carbonyl (C=O) groups is 2. The van der Waals surface area contributed by atoms with Crippen LogP contribution < -0.4 is 16.0 Å². The zero-order chi connectivity index (χ0) is 34.2. The van der Waals surface area contributed by atoms with Gasteiger partial charge in [-0.15, -0.1) is 0 Å². The van der Waals surface area contributed by atoms with E-state index < -0.39 is 36.4 Å². The van der Waals surface area contributed by atoms with E-state index in [1.165, 1.54) is 30.2 Å². The van der Waals surface area contributed by atoms with Gasteiger partial charge in [-0.3, -0.25) is 14.2 Å². The van der Waals surface area contributed by atoms with Gasteiger partial charge >= 0.3 is 0 Å². The predicted octanol–water partition coefficient (Wildman–Crippen LogP) is 2.82. The van der Waals surface area contributed by atoms with Gasteiger partial charge < -0.3 is 35.8 Å². The van der Waals surface area contributed by atoms with E-state index in [0.29, 0.717) is 31.0 Å². The Labute approximate surface area is 286 Å². The topological polar surface area (TPSA) is 167 Å². The maximum Gasteiger partial charge on any atom is 0.289 e. The molecule has 13 nitrogen and oxygen atoms in total. The number of aliphatic hydroxyl groups excluding tert-OH is 2. The van der Waals surface area contributed by atoms with Gasteiger partial charge in [-0.05, 0) is 63.4 Å². The maximum atomic E-state index is 13.5. The summed E-state index contributed by atoms with van der Waals surface area (Å²) in [7, 11) is 0. The van der Waals surface area contributed by atoms with E-state index in [-0.39, 0.29) is 17.4 Å². The lowest BCUT2D eigenvalue weighted by Gasteiger charge is -2.26. The Balaban J connectivity index is 1.26. The summed E-state index contributed by atoms with van der Waals surface area (Å²) >= 11 is 0. The van der Waals surface area contributed by atoms with Gasteiger partial charge in [0.05, 0.1) is 6.33 Å². The molecular weight excluding hydrogens is 624 g/mol. The number of likely N-dealkylation sites (tertiary alicyclic amines) is 1. The molecule has 0 bridgehead atoms. The quantitative estimate of drug-likeness (QED) is 0.126. The van der Waals surface area contributed by atoms with Gasteiger partial charge in [-0.25, -0.2) is 15.0 Å². The van der Waals surface area contributed by atoms with Crippen LogP contribution >= 0.6 is 0 Å². The molecule has 0 saturated carbocycles. The van der Waals surface area contributed by atoms with E-state index in [1.54, 1.807) is 6.92 Å². The molecule has 2 aliphatic heterocycles. The molecule has 2 amide bonds. The lowest BCUT2D eigenvalue weighted by atomic mass is 9.91. The Hall–Kier alpha value is -4.43. The molecule has 2 saturated heterocycles. The van der Waals surface area contributed by atoms with Crippen molar-refractivity contribution < 1.29 is 24.5 Å².